The molecule has 4 N–H and O–H groups in total. The van der Waals surface area contributed by atoms with E-state index in [-0.39, 0.29) is 100.0 Å². The molecule has 6 aromatic heterocycles. The number of amides is 2. The monoisotopic (exact) mass is 874 g/mol. The first kappa shape index (κ1) is 50.7. The van der Waals surface area contributed by atoms with Crippen molar-refractivity contribution in [3.05, 3.63) is 60.7 Å². The average Bonchev–Trinajstić information content (AvgIpc) is 4.00. The van der Waals surface area contributed by atoms with Gasteiger partial charge in [-0.05, 0) is 53.4 Å². The molecule has 6 aromatic rings. The van der Waals surface area contributed by atoms with Crippen LogP contribution in [0, 0.1) is 11.8 Å². The first-order valence-corrected chi connectivity index (χ1v) is 18.7. The number of carboxylic acids is 1. The van der Waals surface area contributed by atoms with Gasteiger partial charge in [-0.25, -0.2) is 49.1 Å². The largest absolute Gasteiger partial charge is 1.00 e. The Hall–Kier alpha value is -6.70. The third-order valence-electron chi connectivity index (χ3n) is 7.76. The van der Waals surface area contributed by atoms with Gasteiger partial charge in [-0.1, -0.05) is 27.7 Å². The molecule has 0 fully saturated rings. The van der Waals surface area contributed by atoms with Crippen molar-refractivity contribution < 1.29 is 89.3 Å². The molecule has 6 heterocycles. The third kappa shape index (κ3) is 13.6. The number of methoxy groups -OCH3 is 1. The molecule has 2 unspecified atom stereocenters. The second-order valence-corrected chi connectivity index (χ2v) is 15.8. The van der Waals surface area contributed by atoms with Gasteiger partial charge in [0, 0.05) is 0 Å². The molecule has 2 amide bonds. The summed E-state index contributed by atoms with van der Waals surface area (Å²) in [7, 11) is 1.25. The molecule has 0 aromatic carbocycles. The Morgan fingerprint density at radius 2 is 0.889 bits per heavy atom. The van der Waals surface area contributed by atoms with Crippen LogP contribution in [-0.4, -0.2) is 82.9 Å². The van der Waals surface area contributed by atoms with Crippen LogP contribution in [0.25, 0.3) is 46.3 Å². The SMILES string of the molecule is CC(C)C(NC(=O)OC(C)(C)C)c1nc(-c2nc(-c3nc(C(=O)O)co3)co2)co1.COC(=O)c1coc(-c2coc(-c3coc(C(NC(=O)OC(C)(C)C)C(C)C)n3)n2)n1.[Li+].[OH-]. The quantitative estimate of drug-likeness (QED) is 0.0850. The standard InChI is InChI=1S/C20H24N4O7.C19H22N4O7.Li.H2O/c1-10(2)14(24-19(26)31-20(3,4)5)17-22-12(8-30-17)15-21-11(7-28-15)16-23-13(9-29-16)18(25)27-6;1-9(2)13(23-18(26)30-19(3,4)5)16-21-11(7-29-16)14-20-10(6-27-14)15-22-12(8-28-15)17(24)25;;/h7-10,14H,1-6H3,(H,24,26);6-9,13H,1-5H3,(H,23,26)(H,24,25);;1H2/q;;+1;/p-1. The Labute approximate surface area is 371 Å². The van der Waals surface area contributed by atoms with E-state index in [4.69, 9.17) is 41.1 Å². The molecule has 0 saturated heterocycles. The fourth-order valence-corrected chi connectivity index (χ4v) is 5.01. The van der Waals surface area contributed by atoms with Crippen LogP contribution in [0.1, 0.15) is 114 Å². The Kier molecular flexibility index (Phi) is 16.8. The van der Waals surface area contributed by atoms with E-state index in [1.54, 1.807) is 41.5 Å². The van der Waals surface area contributed by atoms with Crippen LogP contribution >= 0.6 is 0 Å². The van der Waals surface area contributed by atoms with E-state index in [0.29, 0.717) is 5.69 Å². The van der Waals surface area contributed by atoms with Gasteiger partial charge in [0.15, 0.2) is 34.2 Å². The molecule has 0 bridgehead atoms. The maximum absolute atomic E-state index is 12.2. The van der Waals surface area contributed by atoms with Gasteiger partial charge in [-0.15, -0.1) is 0 Å². The van der Waals surface area contributed by atoms with Crippen LogP contribution in [0.5, 0.6) is 0 Å². The molecule has 63 heavy (non-hydrogen) atoms. The van der Waals surface area contributed by atoms with Crippen LogP contribution in [0.4, 0.5) is 9.59 Å². The number of hydrogen-bond acceptors (Lipinski definition) is 20. The summed E-state index contributed by atoms with van der Waals surface area (Å²) in [4.78, 5) is 71.8. The molecular formula is C39H47LiN8O15. The van der Waals surface area contributed by atoms with E-state index < -0.39 is 47.4 Å². The molecule has 23 nitrogen and oxygen atoms in total. The molecule has 334 valence electrons. The van der Waals surface area contributed by atoms with E-state index in [2.05, 4.69) is 45.3 Å². The summed E-state index contributed by atoms with van der Waals surface area (Å²) in [5, 5.41) is 14.4. The molecule has 0 radical (unpaired) electrons. The zero-order valence-corrected chi connectivity index (χ0v) is 36.7. The Morgan fingerprint density at radius 3 is 1.24 bits per heavy atom. The molecule has 24 heteroatoms. The van der Waals surface area contributed by atoms with Gasteiger partial charge in [0.25, 0.3) is 0 Å². The number of nitrogens with one attached hydrogen (secondary N) is 2. The van der Waals surface area contributed by atoms with Gasteiger partial charge in [-0.3, -0.25) is 0 Å². The number of aromatic nitrogens is 6. The number of aromatic carboxylic acids is 1. The zero-order chi connectivity index (χ0) is 44.8. The van der Waals surface area contributed by atoms with Gasteiger partial charge >= 0.3 is 43.0 Å². The van der Waals surface area contributed by atoms with Gasteiger partial charge in [-0.2, -0.15) is 0 Å². The van der Waals surface area contributed by atoms with Crippen molar-refractivity contribution in [1.82, 2.24) is 40.5 Å². The predicted octanol–water partition coefficient (Wildman–Crippen LogP) is 4.72. The summed E-state index contributed by atoms with van der Waals surface area (Å²) >= 11 is 0. The average molecular weight is 875 g/mol. The minimum Gasteiger partial charge on any atom is -0.870 e. The second kappa shape index (κ2) is 20.9. The topological polar surface area (TPSA) is 326 Å². The molecule has 0 aliphatic heterocycles. The molecular weight excluding hydrogens is 827 g/mol. The molecule has 0 aliphatic carbocycles. The first-order chi connectivity index (χ1) is 28.6. The van der Waals surface area contributed by atoms with E-state index >= 15 is 0 Å². The number of oxazole rings is 6. The molecule has 0 aliphatic rings. The number of nitrogens with zero attached hydrogens (tertiary/aromatic N) is 6. The Balaban J connectivity index is 0.000000325. The van der Waals surface area contributed by atoms with Gasteiger partial charge in [0.05, 0.1) is 7.11 Å². The fourth-order valence-electron chi connectivity index (χ4n) is 5.01. The number of carbonyl (C=O) groups is 4. The Bertz CT molecular complexity index is 2440. The first-order valence-electron chi connectivity index (χ1n) is 18.7. The van der Waals surface area contributed by atoms with Crippen LogP contribution in [0.15, 0.2) is 64.1 Å². The number of carboxylic acid groups (broad SMARTS) is 1. The van der Waals surface area contributed by atoms with Crippen LogP contribution < -0.4 is 29.5 Å². The van der Waals surface area contributed by atoms with E-state index in [9.17, 15) is 19.2 Å². The van der Waals surface area contributed by atoms with Crippen molar-refractivity contribution in [2.45, 2.75) is 92.5 Å². The number of carbonyl (C=O) groups excluding carboxylic acids is 3. The molecule has 2 atom stereocenters. The summed E-state index contributed by atoms with van der Waals surface area (Å²) in [6.07, 6.45) is 6.30. The van der Waals surface area contributed by atoms with Crippen molar-refractivity contribution >= 4 is 24.1 Å². The minimum atomic E-state index is -1.22. The summed E-state index contributed by atoms with van der Waals surface area (Å²) in [6.45, 7) is 18.3. The van der Waals surface area contributed by atoms with Crippen LogP contribution in [0.3, 0.4) is 0 Å². The zero-order valence-electron chi connectivity index (χ0n) is 36.7. The van der Waals surface area contributed by atoms with Crippen molar-refractivity contribution in [3.63, 3.8) is 0 Å². The maximum atomic E-state index is 12.2. The summed E-state index contributed by atoms with van der Waals surface area (Å²) in [6, 6.07) is -1.06. The summed E-state index contributed by atoms with van der Waals surface area (Å²) in [5.41, 5.74) is -0.422. The molecule has 6 rings (SSSR count). The molecule has 0 saturated carbocycles. The smallest absolute Gasteiger partial charge is 0.870 e. The van der Waals surface area contributed by atoms with Crippen LogP contribution in [-0.2, 0) is 14.2 Å². The predicted molar refractivity (Wildman–Crippen MR) is 209 cm³/mol. The summed E-state index contributed by atoms with van der Waals surface area (Å²) in [5.74, 6) is -1.01. The van der Waals surface area contributed by atoms with Crippen molar-refractivity contribution in [3.8, 4) is 46.3 Å². The van der Waals surface area contributed by atoms with E-state index in [1.807, 2.05) is 27.7 Å². The fraction of sp³-hybridized carbons (Fsp3) is 0.436. The number of hydrogen-bond donors (Lipinski definition) is 3. The number of esters is 1. The number of rotatable bonds is 12. The van der Waals surface area contributed by atoms with Crippen molar-refractivity contribution in [2.75, 3.05) is 7.11 Å². The van der Waals surface area contributed by atoms with Gasteiger partial charge in [0.1, 0.15) is 60.9 Å². The van der Waals surface area contributed by atoms with Gasteiger partial charge < -0.3 is 61.9 Å². The third-order valence-corrected chi connectivity index (χ3v) is 7.76. The normalized spacial score (nSPS) is 12.3. The number of alkyl carbamates (subject to hydrolysis) is 2. The maximum Gasteiger partial charge on any atom is 1.00 e. The van der Waals surface area contributed by atoms with E-state index in [1.165, 1.54) is 38.4 Å². The second-order valence-electron chi connectivity index (χ2n) is 15.8. The Morgan fingerprint density at radius 1 is 0.556 bits per heavy atom. The molecule has 0 spiro atoms. The van der Waals surface area contributed by atoms with Gasteiger partial charge in [0.2, 0.25) is 35.3 Å². The van der Waals surface area contributed by atoms with Crippen LogP contribution in [0.2, 0.25) is 0 Å². The van der Waals surface area contributed by atoms with E-state index in [0.717, 1.165) is 6.26 Å². The summed E-state index contributed by atoms with van der Waals surface area (Å²) < 4.78 is 47.4. The minimum absolute atomic E-state index is 0. The van der Waals surface area contributed by atoms with Crippen molar-refractivity contribution in [1.29, 1.82) is 0 Å². The van der Waals surface area contributed by atoms with Crippen molar-refractivity contribution in [2.24, 2.45) is 11.8 Å². The number of ether oxygens (including phenoxy) is 3.